The topological polar surface area (TPSA) is 132 Å². The Balaban J connectivity index is 1.96. The Labute approximate surface area is 194 Å². The fourth-order valence-corrected chi connectivity index (χ4v) is 4.07. The largest absolute Gasteiger partial charge is 0.497 e. The molecule has 12 heteroatoms. The van der Waals surface area contributed by atoms with E-state index in [2.05, 4.69) is 5.32 Å². The lowest BCUT2D eigenvalue weighted by Gasteiger charge is -2.33. The standard InChI is InChI=1S/C21H31N3O8S/c1-14(2)19(22-20(26)15-10-16(30-3)12-17(11-15)31-4)21(27)32-13-18(25)23-6-8-24(9-7-23)33(5,28)29/h10-12,14,19H,6-9,13H2,1-5H3,(H,22,26)/t19-/m0/s1. The first-order valence-corrected chi connectivity index (χ1v) is 12.2. The summed E-state index contributed by atoms with van der Waals surface area (Å²) in [5.41, 5.74) is 0.240. The van der Waals surface area contributed by atoms with Crippen molar-refractivity contribution in [2.45, 2.75) is 19.9 Å². The number of amides is 2. The first-order valence-electron chi connectivity index (χ1n) is 10.4. The van der Waals surface area contributed by atoms with Crippen LogP contribution >= 0.6 is 0 Å². The lowest BCUT2D eigenvalue weighted by molar-refractivity contribution is -0.154. The summed E-state index contributed by atoms with van der Waals surface area (Å²) in [6, 6.07) is 3.66. The number of carbonyl (C=O) groups excluding carboxylic acids is 3. The number of hydrogen-bond acceptors (Lipinski definition) is 8. The molecule has 33 heavy (non-hydrogen) atoms. The van der Waals surface area contributed by atoms with Gasteiger partial charge in [0.2, 0.25) is 10.0 Å². The van der Waals surface area contributed by atoms with Gasteiger partial charge < -0.3 is 24.4 Å². The maximum absolute atomic E-state index is 12.7. The number of nitrogens with one attached hydrogen (secondary N) is 1. The van der Waals surface area contributed by atoms with Gasteiger partial charge in [-0.05, 0) is 18.1 Å². The van der Waals surface area contributed by atoms with Gasteiger partial charge in [0.05, 0.1) is 20.5 Å². The molecule has 0 unspecified atom stereocenters. The van der Waals surface area contributed by atoms with Crippen molar-refractivity contribution in [3.63, 3.8) is 0 Å². The monoisotopic (exact) mass is 485 g/mol. The smallest absolute Gasteiger partial charge is 0.329 e. The summed E-state index contributed by atoms with van der Waals surface area (Å²) in [5.74, 6) is -1.15. The zero-order valence-electron chi connectivity index (χ0n) is 19.5. The lowest BCUT2D eigenvalue weighted by atomic mass is 10.0. The van der Waals surface area contributed by atoms with Crippen LogP contribution in [-0.4, -0.2) is 94.7 Å². The van der Waals surface area contributed by atoms with E-state index in [0.717, 1.165) is 6.26 Å². The molecule has 1 aromatic rings. The maximum atomic E-state index is 12.7. The van der Waals surface area contributed by atoms with Crippen LogP contribution in [0.2, 0.25) is 0 Å². The number of esters is 1. The van der Waals surface area contributed by atoms with Gasteiger partial charge in [-0.1, -0.05) is 13.8 Å². The Morgan fingerprint density at radius 1 is 1.00 bits per heavy atom. The van der Waals surface area contributed by atoms with Crippen molar-refractivity contribution in [2.24, 2.45) is 5.92 Å². The molecule has 2 amide bonds. The molecule has 0 bridgehead atoms. The van der Waals surface area contributed by atoms with E-state index < -0.39 is 40.5 Å². The van der Waals surface area contributed by atoms with Crippen LogP contribution < -0.4 is 14.8 Å². The van der Waals surface area contributed by atoms with Gasteiger partial charge in [0.25, 0.3) is 11.8 Å². The predicted octanol–water partition coefficient (Wildman–Crippen LogP) is 0.105. The summed E-state index contributed by atoms with van der Waals surface area (Å²) in [4.78, 5) is 39.2. The van der Waals surface area contributed by atoms with Gasteiger partial charge in [0.15, 0.2) is 6.61 Å². The fraction of sp³-hybridized carbons (Fsp3) is 0.571. The van der Waals surface area contributed by atoms with E-state index in [-0.39, 0.29) is 37.7 Å². The van der Waals surface area contributed by atoms with E-state index in [9.17, 15) is 22.8 Å². The minimum Gasteiger partial charge on any atom is -0.497 e. The number of nitrogens with zero attached hydrogens (tertiary/aromatic N) is 2. The van der Waals surface area contributed by atoms with Crippen LogP contribution in [0, 0.1) is 5.92 Å². The average Bonchev–Trinajstić information content (AvgIpc) is 2.79. The fourth-order valence-electron chi connectivity index (χ4n) is 3.24. The van der Waals surface area contributed by atoms with Crippen LogP contribution in [0.3, 0.4) is 0 Å². The zero-order valence-corrected chi connectivity index (χ0v) is 20.3. The predicted molar refractivity (Wildman–Crippen MR) is 120 cm³/mol. The molecule has 1 atom stereocenters. The van der Waals surface area contributed by atoms with Crippen LogP contribution in [0.5, 0.6) is 11.5 Å². The molecule has 0 saturated carbocycles. The summed E-state index contributed by atoms with van der Waals surface area (Å²) in [5, 5.41) is 2.64. The first kappa shape index (κ1) is 26.4. The molecule has 0 aromatic heterocycles. The number of sulfonamides is 1. The number of carbonyl (C=O) groups is 3. The highest BCUT2D eigenvalue weighted by atomic mass is 32.2. The minimum absolute atomic E-state index is 0.188. The second-order valence-corrected chi connectivity index (χ2v) is 9.93. The quantitative estimate of drug-likeness (QED) is 0.488. The highest BCUT2D eigenvalue weighted by Gasteiger charge is 2.29. The number of rotatable bonds is 9. The van der Waals surface area contributed by atoms with Crippen molar-refractivity contribution in [1.29, 1.82) is 0 Å². The summed E-state index contributed by atoms with van der Waals surface area (Å²) >= 11 is 0. The van der Waals surface area contributed by atoms with E-state index in [1.807, 2.05) is 0 Å². The minimum atomic E-state index is -3.31. The normalized spacial score (nSPS) is 15.6. The van der Waals surface area contributed by atoms with Crippen LogP contribution in [0.1, 0.15) is 24.2 Å². The van der Waals surface area contributed by atoms with Gasteiger partial charge in [-0.25, -0.2) is 13.2 Å². The lowest BCUT2D eigenvalue weighted by Crippen LogP contribution is -2.51. The van der Waals surface area contributed by atoms with Crippen molar-refractivity contribution in [3.8, 4) is 11.5 Å². The molecule has 0 aliphatic carbocycles. The highest BCUT2D eigenvalue weighted by molar-refractivity contribution is 7.88. The average molecular weight is 486 g/mol. The molecule has 1 aromatic carbocycles. The molecule has 1 aliphatic rings. The van der Waals surface area contributed by atoms with E-state index in [1.165, 1.54) is 35.6 Å². The van der Waals surface area contributed by atoms with Gasteiger partial charge >= 0.3 is 5.97 Å². The van der Waals surface area contributed by atoms with Crippen LogP contribution in [0.15, 0.2) is 18.2 Å². The number of benzene rings is 1. The number of piperazine rings is 1. The Morgan fingerprint density at radius 2 is 1.55 bits per heavy atom. The van der Waals surface area contributed by atoms with E-state index in [4.69, 9.17) is 14.2 Å². The first-order chi connectivity index (χ1) is 15.5. The van der Waals surface area contributed by atoms with E-state index >= 15 is 0 Å². The van der Waals surface area contributed by atoms with E-state index in [1.54, 1.807) is 19.9 Å². The van der Waals surface area contributed by atoms with Crippen molar-refractivity contribution in [2.75, 3.05) is 53.3 Å². The molecule has 1 heterocycles. The second-order valence-electron chi connectivity index (χ2n) is 7.95. The van der Waals surface area contributed by atoms with Crippen LogP contribution in [-0.2, 0) is 24.3 Å². The molecular weight excluding hydrogens is 454 g/mol. The summed E-state index contributed by atoms with van der Waals surface area (Å²) in [6.45, 7) is 3.79. The summed E-state index contributed by atoms with van der Waals surface area (Å²) < 4.78 is 40.0. The third-order valence-electron chi connectivity index (χ3n) is 5.22. The van der Waals surface area contributed by atoms with Gasteiger partial charge in [-0.2, -0.15) is 4.31 Å². The van der Waals surface area contributed by atoms with Gasteiger partial charge in [-0.3, -0.25) is 9.59 Å². The zero-order chi connectivity index (χ0) is 24.8. The molecule has 184 valence electrons. The van der Waals surface area contributed by atoms with Crippen molar-refractivity contribution >= 4 is 27.8 Å². The summed E-state index contributed by atoms with van der Waals surface area (Å²) in [6.07, 6.45) is 1.12. The van der Waals surface area contributed by atoms with Crippen LogP contribution in [0.4, 0.5) is 0 Å². The molecule has 1 fully saturated rings. The molecule has 0 spiro atoms. The Hall–Kier alpha value is -2.86. The third kappa shape index (κ3) is 7.32. The maximum Gasteiger partial charge on any atom is 0.329 e. The molecule has 11 nitrogen and oxygen atoms in total. The molecule has 0 radical (unpaired) electrons. The second kappa shape index (κ2) is 11.3. The van der Waals surface area contributed by atoms with E-state index in [0.29, 0.717) is 11.5 Å². The Morgan fingerprint density at radius 3 is 2.00 bits per heavy atom. The number of hydrogen-bond donors (Lipinski definition) is 1. The Kier molecular flexibility index (Phi) is 9.06. The van der Waals surface area contributed by atoms with Crippen LogP contribution in [0.25, 0.3) is 0 Å². The van der Waals surface area contributed by atoms with Crippen molar-refractivity contribution in [1.82, 2.24) is 14.5 Å². The molecule has 1 N–H and O–H groups in total. The molecule has 2 rings (SSSR count). The van der Waals surface area contributed by atoms with Gasteiger partial charge in [-0.15, -0.1) is 0 Å². The highest BCUT2D eigenvalue weighted by Crippen LogP contribution is 2.22. The number of methoxy groups -OCH3 is 2. The van der Waals surface area contributed by atoms with Gasteiger partial charge in [0.1, 0.15) is 17.5 Å². The molecule has 1 aliphatic heterocycles. The summed E-state index contributed by atoms with van der Waals surface area (Å²) in [7, 11) is -0.389. The number of ether oxygens (including phenoxy) is 3. The molecule has 1 saturated heterocycles. The molecular formula is C21H31N3O8S. The third-order valence-corrected chi connectivity index (χ3v) is 6.52. The van der Waals surface area contributed by atoms with Crippen molar-refractivity contribution in [3.05, 3.63) is 23.8 Å². The van der Waals surface area contributed by atoms with Gasteiger partial charge in [0, 0.05) is 37.8 Å². The van der Waals surface area contributed by atoms with Crippen molar-refractivity contribution < 1.29 is 37.0 Å². The SMILES string of the molecule is COc1cc(OC)cc(C(=O)N[C@H](C(=O)OCC(=O)N2CCN(S(C)(=O)=O)CC2)C(C)C)c1. The Bertz CT molecular complexity index is 949.